The van der Waals surface area contributed by atoms with Gasteiger partial charge in [-0.1, -0.05) is 27.7 Å². The molecule has 0 amide bonds. The van der Waals surface area contributed by atoms with Crippen LogP contribution in [-0.2, 0) is 0 Å². The zero-order chi connectivity index (χ0) is 15.4. The Labute approximate surface area is 130 Å². The molecule has 0 aliphatic heterocycles. The molecule has 0 fully saturated rings. The molecule has 2 heterocycles. The molecule has 0 aromatic carbocycles. The molecule has 7 heteroatoms. The van der Waals surface area contributed by atoms with Crippen LogP contribution in [-0.4, -0.2) is 31.3 Å². The summed E-state index contributed by atoms with van der Waals surface area (Å²) in [5.74, 6) is 2.59. The van der Waals surface area contributed by atoms with E-state index in [-0.39, 0.29) is 5.28 Å². The Morgan fingerprint density at radius 2 is 1.86 bits per heavy atom. The third kappa shape index (κ3) is 4.14. The molecular weight excluding hydrogens is 288 g/mol. The molecule has 114 valence electrons. The molecule has 0 radical (unpaired) electrons. The Kier molecular flexibility index (Phi) is 5.12. The molecule has 2 rings (SSSR count). The van der Waals surface area contributed by atoms with Gasteiger partial charge in [0.25, 0.3) is 5.95 Å². The van der Waals surface area contributed by atoms with E-state index in [1.807, 2.05) is 0 Å². The van der Waals surface area contributed by atoms with Gasteiger partial charge in [0.2, 0.25) is 11.2 Å². The average molecular weight is 309 g/mol. The van der Waals surface area contributed by atoms with Gasteiger partial charge in [0.15, 0.2) is 0 Å². The van der Waals surface area contributed by atoms with Gasteiger partial charge in [0, 0.05) is 18.9 Å². The van der Waals surface area contributed by atoms with Crippen molar-refractivity contribution in [2.45, 2.75) is 27.7 Å². The molecule has 6 nitrogen and oxygen atoms in total. The van der Waals surface area contributed by atoms with E-state index in [9.17, 15) is 0 Å². The Balaban J connectivity index is 2.13. The van der Waals surface area contributed by atoms with Gasteiger partial charge in [0.1, 0.15) is 0 Å². The minimum Gasteiger partial charge on any atom is -0.354 e. The largest absolute Gasteiger partial charge is 0.354 e. The minimum absolute atomic E-state index is 0.156. The summed E-state index contributed by atoms with van der Waals surface area (Å²) in [6.07, 6.45) is 3.43. The second-order valence-electron chi connectivity index (χ2n) is 5.71. The fraction of sp³-hybridized carbons (Fsp3) is 0.571. The Hall–Kier alpha value is -1.69. The van der Waals surface area contributed by atoms with Crippen molar-refractivity contribution < 1.29 is 0 Å². The predicted octanol–water partition coefficient (Wildman–Crippen LogP) is 3.05. The van der Waals surface area contributed by atoms with Crippen molar-refractivity contribution in [1.29, 1.82) is 0 Å². The van der Waals surface area contributed by atoms with Crippen molar-refractivity contribution >= 4 is 17.5 Å². The highest BCUT2D eigenvalue weighted by Gasteiger charge is 2.18. The molecule has 0 bridgehead atoms. The first-order valence-electron chi connectivity index (χ1n) is 7.13. The number of anilines is 1. The van der Waals surface area contributed by atoms with Crippen LogP contribution in [0.5, 0.6) is 0 Å². The Bertz CT molecular complexity index is 559. The van der Waals surface area contributed by atoms with Crippen LogP contribution < -0.4 is 5.32 Å². The van der Waals surface area contributed by atoms with Crippen molar-refractivity contribution in [2.24, 2.45) is 17.8 Å². The lowest BCUT2D eigenvalue weighted by Gasteiger charge is -2.25. The fourth-order valence-corrected chi connectivity index (χ4v) is 2.51. The molecule has 0 spiro atoms. The van der Waals surface area contributed by atoms with Crippen molar-refractivity contribution in [1.82, 2.24) is 24.7 Å². The lowest BCUT2D eigenvalue weighted by Crippen LogP contribution is -2.25. The first kappa shape index (κ1) is 15.7. The summed E-state index contributed by atoms with van der Waals surface area (Å²) in [5, 5.41) is 7.52. The summed E-state index contributed by atoms with van der Waals surface area (Å²) >= 11 is 5.96. The van der Waals surface area contributed by atoms with E-state index in [0.29, 0.717) is 29.7 Å². The molecule has 2 aromatic heterocycles. The van der Waals surface area contributed by atoms with Gasteiger partial charge in [-0.3, -0.25) is 0 Å². The fourth-order valence-electron chi connectivity index (χ4n) is 2.36. The maximum Gasteiger partial charge on any atom is 0.256 e. The van der Waals surface area contributed by atoms with Crippen LogP contribution >= 0.6 is 11.6 Å². The molecule has 0 saturated heterocycles. The van der Waals surface area contributed by atoms with Crippen molar-refractivity contribution in [2.75, 3.05) is 11.9 Å². The molecule has 0 unspecified atom stereocenters. The number of nitrogens with one attached hydrogen (secondary N) is 1. The number of hydrogen-bond acceptors (Lipinski definition) is 5. The lowest BCUT2D eigenvalue weighted by atomic mass is 9.85. The molecule has 0 atom stereocenters. The standard InChI is InChI=1S/C14H21ClN6/c1-9(2)11(10(3)4)8-16-13-18-12(15)19-14(20-13)21-7-5-6-17-21/h5-7,9-11H,8H2,1-4H3,(H,16,18,19,20). The summed E-state index contributed by atoms with van der Waals surface area (Å²) in [6, 6.07) is 1.80. The highest BCUT2D eigenvalue weighted by molar-refractivity contribution is 6.28. The zero-order valence-corrected chi connectivity index (χ0v) is 13.5. The van der Waals surface area contributed by atoms with Gasteiger partial charge in [-0.05, 0) is 35.4 Å². The smallest absolute Gasteiger partial charge is 0.256 e. The molecular formula is C14H21ClN6. The SMILES string of the molecule is CC(C)C(CNc1nc(Cl)nc(-n2cccn2)n1)C(C)C. The van der Waals surface area contributed by atoms with E-state index in [4.69, 9.17) is 11.6 Å². The normalized spacial score (nSPS) is 11.6. The van der Waals surface area contributed by atoms with E-state index < -0.39 is 0 Å². The molecule has 2 aromatic rings. The van der Waals surface area contributed by atoms with Crippen LogP contribution in [0.15, 0.2) is 18.5 Å². The van der Waals surface area contributed by atoms with E-state index in [1.54, 1.807) is 23.1 Å². The van der Waals surface area contributed by atoms with Gasteiger partial charge in [-0.15, -0.1) is 0 Å². The first-order valence-corrected chi connectivity index (χ1v) is 7.50. The zero-order valence-electron chi connectivity index (χ0n) is 12.8. The van der Waals surface area contributed by atoms with Crippen LogP contribution in [0.1, 0.15) is 27.7 Å². The van der Waals surface area contributed by atoms with Crippen molar-refractivity contribution in [3.63, 3.8) is 0 Å². The maximum atomic E-state index is 5.96. The summed E-state index contributed by atoms with van der Waals surface area (Å²) in [6.45, 7) is 9.70. The van der Waals surface area contributed by atoms with Crippen LogP contribution in [0.25, 0.3) is 5.95 Å². The van der Waals surface area contributed by atoms with Gasteiger partial charge in [-0.25, -0.2) is 4.68 Å². The number of aromatic nitrogens is 5. The van der Waals surface area contributed by atoms with E-state index in [1.165, 1.54) is 0 Å². The summed E-state index contributed by atoms with van der Waals surface area (Å²) in [5.41, 5.74) is 0. The van der Waals surface area contributed by atoms with Crippen LogP contribution in [0.4, 0.5) is 5.95 Å². The minimum atomic E-state index is 0.156. The molecule has 0 saturated carbocycles. The van der Waals surface area contributed by atoms with Crippen LogP contribution in [0.3, 0.4) is 0 Å². The number of nitrogens with zero attached hydrogens (tertiary/aromatic N) is 5. The third-order valence-electron chi connectivity index (χ3n) is 3.51. The Morgan fingerprint density at radius 1 is 1.14 bits per heavy atom. The highest BCUT2D eigenvalue weighted by atomic mass is 35.5. The lowest BCUT2D eigenvalue weighted by molar-refractivity contribution is 0.304. The van der Waals surface area contributed by atoms with Gasteiger partial charge in [-0.2, -0.15) is 20.1 Å². The van der Waals surface area contributed by atoms with E-state index in [2.05, 4.69) is 53.1 Å². The summed E-state index contributed by atoms with van der Waals surface area (Å²) < 4.78 is 1.56. The van der Waals surface area contributed by atoms with Crippen LogP contribution in [0.2, 0.25) is 5.28 Å². The number of halogens is 1. The molecule has 0 aliphatic carbocycles. The Morgan fingerprint density at radius 3 is 2.43 bits per heavy atom. The summed E-state index contributed by atoms with van der Waals surface area (Å²) in [7, 11) is 0. The topological polar surface area (TPSA) is 68.5 Å². The highest BCUT2D eigenvalue weighted by Crippen LogP contribution is 2.21. The molecule has 21 heavy (non-hydrogen) atoms. The van der Waals surface area contributed by atoms with E-state index in [0.717, 1.165) is 6.54 Å². The number of hydrogen-bond donors (Lipinski definition) is 1. The molecule has 0 aliphatic rings. The average Bonchev–Trinajstić information content (AvgIpc) is 2.91. The van der Waals surface area contributed by atoms with Gasteiger partial charge < -0.3 is 5.32 Å². The van der Waals surface area contributed by atoms with Gasteiger partial charge in [0.05, 0.1) is 0 Å². The number of rotatable bonds is 6. The quantitative estimate of drug-likeness (QED) is 0.888. The monoisotopic (exact) mass is 308 g/mol. The van der Waals surface area contributed by atoms with Crippen molar-refractivity contribution in [3.8, 4) is 5.95 Å². The maximum absolute atomic E-state index is 5.96. The molecule has 1 N–H and O–H groups in total. The third-order valence-corrected chi connectivity index (χ3v) is 3.68. The second kappa shape index (κ2) is 6.85. The predicted molar refractivity (Wildman–Crippen MR) is 83.6 cm³/mol. The van der Waals surface area contributed by atoms with Gasteiger partial charge >= 0.3 is 0 Å². The first-order chi connectivity index (χ1) is 9.97. The van der Waals surface area contributed by atoms with Crippen molar-refractivity contribution in [3.05, 3.63) is 23.7 Å². The second-order valence-corrected chi connectivity index (χ2v) is 6.05. The summed E-state index contributed by atoms with van der Waals surface area (Å²) in [4.78, 5) is 12.6. The van der Waals surface area contributed by atoms with E-state index >= 15 is 0 Å². The van der Waals surface area contributed by atoms with Crippen LogP contribution in [0, 0.1) is 17.8 Å².